The van der Waals surface area contributed by atoms with E-state index in [4.69, 9.17) is 11.6 Å². The van der Waals surface area contributed by atoms with Gasteiger partial charge < -0.3 is 5.32 Å². The van der Waals surface area contributed by atoms with E-state index in [-0.39, 0.29) is 18.7 Å². The maximum atomic E-state index is 13.6. The smallest absolute Gasteiger partial charge is 0.226 e. The molecule has 1 aromatic heterocycles. The van der Waals surface area contributed by atoms with E-state index in [1.807, 2.05) is 17.5 Å². The van der Waals surface area contributed by atoms with Gasteiger partial charge in [-0.25, -0.2) is 13.8 Å². The van der Waals surface area contributed by atoms with Gasteiger partial charge in [-0.15, -0.1) is 11.3 Å². The first-order valence-electron chi connectivity index (χ1n) is 7.46. The van der Waals surface area contributed by atoms with Crippen LogP contribution in [0.4, 0.5) is 13.9 Å². The number of thiazole rings is 1. The third-order valence-corrected chi connectivity index (χ3v) is 4.54. The Kier molecular flexibility index (Phi) is 5.40. The van der Waals surface area contributed by atoms with Gasteiger partial charge in [-0.2, -0.15) is 0 Å². The predicted octanol–water partition coefficient (Wildman–Crippen LogP) is 5.31. The van der Waals surface area contributed by atoms with Crippen LogP contribution in [0.15, 0.2) is 47.8 Å². The number of carbonyl (C=O) groups excluding carboxylic acids is 1. The SMILES string of the molecule is O=C(CCc1ccc(F)cc1F)Nc1nc(-c2ccc(Cl)cc2)cs1. The summed E-state index contributed by atoms with van der Waals surface area (Å²) in [5.41, 5.74) is 1.94. The van der Waals surface area contributed by atoms with Crippen molar-refractivity contribution in [1.82, 2.24) is 4.98 Å². The average Bonchev–Trinajstić information content (AvgIpc) is 3.03. The van der Waals surface area contributed by atoms with E-state index in [9.17, 15) is 13.6 Å². The highest BCUT2D eigenvalue weighted by Gasteiger charge is 2.10. The topological polar surface area (TPSA) is 42.0 Å². The summed E-state index contributed by atoms with van der Waals surface area (Å²) >= 11 is 7.16. The fourth-order valence-electron chi connectivity index (χ4n) is 2.24. The van der Waals surface area contributed by atoms with Crippen LogP contribution in [0.25, 0.3) is 11.3 Å². The normalized spacial score (nSPS) is 10.7. The molecule has 1 amide bonds. The van der Waals surface area contributed by atoms with Gasteiger partial charge >= 0.3 is 0 Å². The quantitative estimate of drug-likeness (QED) is 0.653. The van der Waals surface area contributed by atoms with Crippen molar-refractivity contribution in [2.75, 3.05) is 5.32 Å². The molecule has 1 N–H and O–H groups in total. The molecular weight excluding hydrogens is 366 g/mol. The Labute approximate surface area is 152 Å². The number of hydrogen-bond donors (Lipinski definition) is 1. The highest BCUT2D eigenvalue weighted by Crippen LogP contribution is 2.26. The minimum atomic E-state index is -0.646. The molecule has 0 spiro atoms. The molecule has 2 aromatic carbocycles. The fourth-order valence-corrected chi connectivity index (χ4v) is 3.10. The Morgan fingerprint density at radius 1 is 1.16 bits per heavy atom. The number of carbonyl (C=O) groups is 1. The first-order valence-corrected chi connectivity index (χ1v) is 8.72. The summed E-state index contributed by atoms with van der Waals surface area (Å²) in [5, 5.41) is 5.63. The van der Waals surface area contributed by atoms with Crippen molar-refractivity contribution in [3.05, 3.63) is 70.1 Å². The van der Waals surface area contributed by atoms with E-state index in [1.54, 1.807) is 12.1 Å². The number of nitrogens with one attached hydrogen (secondary N) is 1. The molecule has 0 atom stereocenters. The van der Waals surface area contributed by atoms with E-state index in [0.717, 1.165) is 17.3 Å². The number of amides is 1. The second kappa shape index (κ2) is 7.72. The summed E-state index contributed by atoms with van der Waals surface area (Å²) in [6, 6.07) is 10.6. The number of rotatable bonds is 5. The first kappa shape index (κ1) is 17.5. The van der Waals surface area contributed by atoms with Crippen molar-refractivity contribution in [2.45, 2.75) is 12.8 Å². The molecule has 0 aliphatic rings. The van der Waals surface area contributed by atoms with Crippen LogP contribution in [0.5, 0.6) is 0 Å². The average molecular weight is 379 g/mol. The molecule has 7 heteroatoms. The van der Waals surface area contributed by atoms with Crippen LogP contribution >= 0.6 is 22.9 Å². The minimum Gasteiger partial charge on any atom is -0.302 e. The largest absolute Gasteiger partial charge is 0.302 e. The van der Waals surface area contributed by atoms with Gasteiger partial charge in [0.15, 0.2) is 5.13 Å². The van der Waals surface area contributed by atoms with Gasteiger partial charge in [-0.1, -0.05) is 29.8 Å². The van der Waals surface area contributed by atoms with Gasteiger partial charge in [0, 0.05) is 28.5 Å². The lowest BCUT2D eigenvalue weighted by molar-refractivity contribution is -0.116. The second-order valence-electron chi connectivity index (χ2n) is 5.33. The Bertz CT molecular complexity index is 896. The molecule has 0 aliphatic carbocycles. The molecule has 0 unspecified atom stereocenters. The van der Waals surface area contributed by atoms with Crippen molar-refractivity contribution >= 4 is 34.0 Å². The lowest BCUT2D eigenvalue weighted by Crippen LogP contribution is -2.12. The molecule has 3 rings (SSSR count). The summed E-state index contributed by atoms with van der Waals surface area (Å²) in [5.74, 6) is -1.56. The summed E-state index contributed by atoms with van der Waals surface area (Å²) < 4.78 is 26.4. The molecule has 3 nitrogen and oxygen atoms in total. The maximum Gasteiger partial charge on any atom is 0.226 e. The lowest BCUT2D eigenvalue weighted by atomic mass is 10.1. The lowest BCUT2D eigenvalue weighted by Gasteiger charge is -2.04. The molecule has 0 radical (unpaired) electrons. The monoisotopic (exact) mass is 378 g/mol. The molecule has 0 saturated heterocycles. The van der Waals surface area contributed by atoms with Crippen LogP contribution in [0.1, 0.15) is 12.0 Å². The molecular formula is C18H13ClF2N2OS. The van der Waals surface area contributed by atoms with E-state index in [0.29, 0.717) is 15.7 Å². The van der Waals surface area contributed by atoms with Crippen molar-refractivity contribution in [3.8, 4) is 11.3 Å². The number of halogens is 3. The van der Waals surface area contributed by atoms with E-state index >= 15 is 0 Å². The summed E-state index contributed by atoms with van der Waals surface area (Å²) in [7, 11) is 0. The molecule has 0 bridgehead atoms. The zero-order chi connectivity index (χ0) is 17.8. The summed E-state index contributed by atoms with van der Waals surface area (Å²) in [4.78, 5) is 16.4. The van der Waals surface area contributed by atoms with Crippen molar-refractivity contribution in [3.63, 3.8) is 0 Å². The number of aryl methyl sites for hydroxylation is 1. The van der Waals surface area contributed by atoms with Gasteiger partial charge in [-0.3, -0.25) is 4.79 Å². The number of anilines is 1. The number of benzene rings is 2. The molecule has 1 heterocycles. The van der Waals surface area contributed by atoms with Crippen molar-refractivity contribution in [1.29, 1.82) is 0 Å². The van der Waals surface area contributed by atoms with Gasteiger partial charge in [-0.05, 0) is 30.2 Å². The van der Waals surface area contributed by atoms with Gasteiger partial charge in [0.05, 0.1) is 5.69 Å². The summed E-state index contributed by atoms with van der Waals surface area (Å²) in [6.45, 7) is 0. The van der Waals surface area contributed by atoms with Crippen LogP contribution < -0.4 is 5.32 Å². The van der Waals surface area contributed by atoms with Crippen LogP contribution in [-0.2, 0) is 11.2 Å². The first-order chi connectivity index (χ1) is 12.0. The Balaban J connectivity index is 1.59. The third-order valence-electron chi connectivity index (χ3n) is 3.53. The maximum absolute atomic E-state index is 13.6. The highest BCUT2D eigenvalue weighted by atomic mass is 35.5. The van der Waals surface area contributed by atoms with Gasteiger partial charge in [0.2, 0.25) is 5.91 Å². The van der Waals surface area contributed by atoms with Crippen molar-refractivity contribution < 1.29 is 13.6 Å². The highest BCUT2D eigenvalue weighted by molar-refractivity contribution is 7.14. The van der Waals surface area contributed by atoms with Crippen LogP contribution in [-0.4, -0.2) is 10.9 Å². The molecule has 3 aromatic rings. The Morgan fingerprint density at radius 2 is 1.92 bits per heavy atom. The van der Waals surface area contributed by atoms with E-state index < -0.39 is 11.6 Å². The molecule has 0 fully saturated rings. The molecule has 128 valence electrons. The van der Waals surface area contributed by atoms with Crippen LogP contribution in [0.2, 0.25) is 5.02 Å². The molecule has 0 aliphatic heterocycles. The van der Waals surface area contributed by atoms with Crippen LogP contribution in [0.3, 0.4) is 0 Å². The van der Waals surface area contributed by atoms with Gasteiger partial charge in [0.25, 0.3) is 0 Å². The third kappa shape index (κ3) is 4.61. The standard InChI is InChI=1S/C18H13ClF2N2OS/c19-13-5-1-12(2-6-13)16-10-25-18(22-16)23-17(24)8-4-11-3-7-14(20)9-15(11)21/h1-3,5-7,9-10H,4,8H2,(H,22,23,24). The Morgan fingerprint density at radius 3 is 2.64 bits per heavy atom. The summed E-state index contributed by atoms with van der Waals surface area (Å²) in [6.07, 6.45) is 0.270. The van der Waals surface area contributed by atoms with Gasteiger partial charge in [0.1, 0.15) is 11.6 Å². The molecule has 0 saturated carbocycles. The molecule has 25 heavy (non-hydrogen) atoms. The number of aromatic nitrogens is 1. The minimum absolute atomic E-state index is 0.0818. The van der Waals surface area contributed by atoms with Crippen molar-refractivity contribution in [2.24, 2.45) is 0 Å². The van der Waals surface area contributed by atoms with E-state index in [2.05, 4.69) is 10.3 Å². The number of nitrogens with zero attached hydrogens (tertiary/aromatic N) is 1. The van der Waals surface area contributed by atoms with Crippen LogP contribution in [0, 0.1) is 11.6 Å². The number of hydrogen-bond acceptors (Lipinski definition) is 3. The second-order valence-corrected chi connectivity index (χ2v) is 6.62. The Hall–Kier alpha value is -2.31. The zero-order valence-electron chi connectivity index (χ0n) is 12.9. The fraction of sp³-hybridized carbons (Fsp3) is 0.111. The predicted molar refractivity (Wildman–Crippen MR) is 95.9 cm³/mol. The van der Waals surface area contributed by atoms with E-state index in [1.165, 1.54) is 23.5 Å². The zero-order valence-corrected chi connectivity index (χ0v) is 14.5.